The predicted octanol–water partition coefficient (Wildman–Crippen LogP) is 2.08. The summed E-state index contributed by atoms with van der Waals surface area (Å²) in [5, 5.41) is 2.77. The van der Waals surface area contributed by atoms with Gasteiger partial charge in [0.1, 0.15) is 12.3 Å². The van der Waals surface area contributed by atoms with Crippen molar-refractivity contribution in [3.63, 3.8) is 0 Å². The number of nitrogens with one attached hydrogen (secondary N) is 1. The van der Waals surface area contributed by atoms with Gasteiger partial charge in [-0.2, -0.15) is 0 Å². The smallest absolute Gasteiger partial charge is 0.251 e. The summed E-state index contributed by atoms with van der Waals surface area (Å²) in [5.41, 5.74) is -0.219. The van der Waals surface area contributed by atoms with Crippen molar-refractivity contribution >= 4 is 21.8 Å². The van der Waals surface area contributed by atoms with Gasteiger partial charge in [0, 0.05) is 16.7 Å². The number of rotatable bonds is 4. The molecule has 0 aliphatic heterocycles. The van der Waals surface area contributed by atoms with Gasteiger partial charge in [0.25, 0.3) is 5.56 Å². The molecule has 100 valence electrons. The van der Waals surface area contributed by atoms with Gasteiger partial charge < -0.3 is 14.3 Å². The summed E-state index contributed by atoms with van der Waals surface area (Å²) in [5.74, 6) is 0.430. The van der Waals surface area contributed by atoms with E-state index in [2.05, 4.69) is 21.2 Å². The van der Waals surface area contributed by atoms with Gasteiger partial charge in [-0.1, -0.05) is 0 Å². The predicted molar refractivity (Wildman–Crippen MR) is 73.7 cm³/mol. The maximum Gasteiger partial charge on any atom is 0.251 e. The van der Waals surface area contributed by atoms with Gasteiger partial charge in [-0.3, -0.25) is 9.59 Å². The number of hydrogen-bond acceptors (Lipinski definition) is 3. The van der Waals surface area contributed by atoms with E-state index >= 15 is 0 Å². The third-order valence-corrected chi connectivity index (χ3v) is 3.08. The monoisotopic (exact) mass is 324 g/mol. The first-order chi connectivity index (χ1) is 9.06. The summed E-state index contributed by atoms with van der Waals surface area (Å²) >= 11 is 3.26. The van der Waals surface area contributed by atoms with E-state index in [0.29, 0.717) is 5.76 Å². The zero-order valence-electron chi connectivity index (χ0n) is 10.3. The molecule has 0 aliphatic carbocycles. The van der Waals surface area contributed by atoms with Gasteiger partial charge in [-0.25, -0.2) is 0 Å². The second kappa shape index (κ2) is 5.88. The number of nitrogens with zero attached hydrogens (tertiary/aromatic N) is 1. The van der Waals surface area contributed by atoms with Crippen LogP contribution >= 0.6 is 15.9 Å². The molecule has 2 rings (SSSR count). The summed E-state index contributed by atoms with van der Waals surface area (Å²) in [6, 6.07) is 6.37. The van der Waals surface area contributed by atoms with E-state index < -0.39 is 0 Å². The molecule has 0 aliphatic rings. The van der Waals surface area contributed by atoms with Crippen LogP contribution in [-0.2, 0) is 11.3 Å². The lowest BCUT2D eigenvalue weighted by Crippen LogP contribution is -2.33. The fourth-order valence-corrected chi connectivity index (χ4v) is 2.06. The van der Waals surface area contributed by atoms with Gasteiger partial charge in [0.05, 0.1) is 12.3 Å². The Morgan fingerprint density at radius 3 is 2.95 bits per heavy atom. The Kier molecular flexibility index (Phi) is 4.21. The van der Waals surface area contributed by atoms with Crippen LogP contribution in [0.5, 0.6) is 0 Å². The van der Waals surface area contributed by atoms with E-state index in [9.17, 15) is 9.59 Å². The van der Waals surface area contributed by atoms with Crippen molar-refractivity contribution in [1.29, 1.82) is 0 Å². The van der Waals surface area contributed by atoms with Crippen LogP contribution in [0, 0.1) is 0 Å². The Bertz CT molecular complexity index is 619. The molecule has 1 atom stereocenters. The topological polar surface area (TPSA) is 64.2 Å². The Morgan fingerprint density at radius 1 is 1.47 bits per heavy atom. The fourth-order valence-electron chi connectivity index (χ4n) is 1.68. The summed E-state index contributed by atoms with van der Waals surface area (Å²) in [6.07, 6.45) is 3.14. The minimum absolute atomic E-state index is 0.0245. The molecule has 1 amide bonds. The SMILES string of the molecule is CC(NC(=O)Cn1cc(Br)ccc1=O)c1ccco1. The van der Waals surface area contributed by atoms with Crippen LogP contribution in [0.25, 0.3) is 0 Å². The summed E-state index contributed by atoms with van der Waals surface area (Å²) in [4.78, 5) is 23.4. The zero-order valence-corrected chi connectivity index (χ0v) is 11.9. The molecule has 0 radical (unpaired) electrons. The van der Waals surface area contributed by atoms with Gasteiger partial charge in [-0.05, 0) is 41.1 Å². The fraction of sp³-hybridized carbons (Fsp3) is 0.231. The van der Waals surface area contributed by atoms with Crippen LogP contribution in [-0.4, -0.2) is 10.5 Å². The Balaban J connectivity index is 2.02. The minimum Gasteiger partial charge on any atom is -0.467 e. The highest BCUT2D eigenvalue weighted by molar-refractivity contribution is 9.10. The molecule has 0 bridgehead atoms. The second-order valence-electron chi connectivity index (χ2n) is 4.12. The molecular weight excluding hydrogens is 312 g/mol. The lowest BCUT2D eigenvalue weighted by Gasteiger charge is -2.12. The molecule has 2 heterocycles. The standard InChI is InChI=1S/C13H13BrN2O3/c1-9(11-3-2-6-19-11)15-12(17)8-16-7-10(14)4-5-13(16)18/h2-7,9H,8H2,1H3,(H,15,17). The maximum atomic E-state index is 11.9. The van der Waals surface area contributed by atoms with E-state index in [-0.39, 0.29) is 24.1 Å². The first kappa shape index (κ1) is 13.6. The van der Waals surface area contributed by atoms with Gasteiger partial charge in [-0.15, -0.1) is 0 Å². The van der Waals surface area contributed by atoms with Crippen molar-refractivity contribution < 1.29 is 9.21 Å². The Morgan fingerprint density at radius 2 is 2.26 bits per heavy atom. The molecule has 19 heavy (non-hydrogen) atoms. The molecule has 5 nitrogen and oxygen atoms in total. The molecule has 0 aromatic carbocycles. The van der Waals surface area contributed by atoms with E-state index in [4.69, 9.17) is 4.42 Å². The number of aromatic nitrogens is 1. The van der Waals surface area contributed by atoms with Crippen LogP contribution < -0.4 is 10.9 Å². The lowest BCUT2D eigenvalue weighted by molar-refractivity contribution is -0.122. The van der Waals surface area contributed by atoms with Crippen LogP contribution in [0.15, 0.2) is 50.4 Å². The highest BCUT2D eigenvalue weighted by atomic mass is 79.9. The molecule has 0 saturated heterocycles. The average Bonchev–Trinajstić information content (AvgIpc) is 2.87. The first-order valence-corrected chi connectivity index (χ1v) is 6.54. The van der Waals surface area contributed by atoms with E-state index in [1.54, 1.807) is 30.7 Å². The van der Waals surface area contributed by atoms with Crippen LogP contribution in [0.1, 0.15) is 18.7 Å². The average molecular weight is 325 g/mol. The van der Waals surface area contributed by atoms with Crippen LogP contribution in [0.4, 0.5) is 0 Å². The molecule has 0 saturated carbocycles. The highest BCUT2D eigenvalue weighted by Crippen LogP contribution is 2.12. The lowest BCUT2D eigenvalue weighted by atomic mass is 10.2. The second-order valence-corrected chi connectivity index (χ2v) is 5.03. The molecule has 0 fully saturated rings. The number of pyridine rings is 1. The first-order valence-electron chi connectivity index (χ1n) is 5.75. The van der Waals surface area contributed by atoms with Crippen molar-refractivity contribution in [3.8, 4) is 0 Å². The van der Waals surface area contributed by atoms with E-state index in [0.717, 1.165) is 4.47 Å². The van der Waals surface area contributed by atoms with Crippen molar-refractivity contribution in [2.45, 2.75) is 19.5 Å². The summed E-state index contributed by atoms with van der Waals surface area (Å²) in [7, 11) is 0. The molecule has 2 aromatic heterocycles. The number of halogens is 1. The normalized spacial score (nSPS) is 12.1. The van der Waals surface area contributed by atoms with Crippen molar-refractivity contribution in [3.05, 3.63) is 57.3 Å². The largest absolute Gasteiger partial charge is 0.467 e. The number of carbonyl (C=O) groups is 1. The molecule has 1 N–H and O–H groups in total. The third kappa shape index (κ3) is 3.57. The quantitative estimate of drug-likeness (QED) is 0.936. The van der Waals surface area contributed by atoms with Crippen LogP contribution in [0.2, 0.25) is 0 Å². The van der Waals surface area contributed by atoms with Crippen molar-refractivity contribution in [2.75, 3.05) is 0 Å². The molecule has 6 heteroatoms. The molecule has 0 spiro atoms. The summed E-state index contributed by atoms with van der Waals surface area (Å²) in [6.45, 7) is 1.80. The van der Waals surface area contributed by atoms with Gasteiger partial charge in [0.15, 0.2) is 0 Å². The van der Waals surface area contributed by atoms with Gasteiger partial charge in [0.2, 0.25) is 5.91 Å². The maximum absolute atomic E-state index is 11.9. The zero-order chi connectivity index (χ0) is 13.8. The number of hydrogen-bond donors (Lipinski definition) is 1. The minimum atomic E-state index is -0.246. The van der Waals surface area contributed by atoms with Crippen LogP contribution in [0.3, 0.4) is 0 Å². The third-order valence-electron chi connectivity index (χ3n) is 2.61. The molecule has 1 unspecified atom stereocenters. The Labute approximate surface area is 118 Å². The van der Waals surface area contributed by atoms with E-state index in [1.807, 2.05) is 6.92 Å². The number of furan rings is 1. The Hall–Kier alpha value is -1.82. The van der Waals surface area contributed by atoms with E-state index in [1.165, 1.54) is 10.6 Å². The number of amides is 1. The van der Waals surface area contributed by atoms with Crippen molar-refractivity contribution in [2.24, 2.45) is 0 Å². The number of carbonyl (C=O) groups excluding carboxylic acids is 1. The van der Waals surface area contributed by atoms with Gasteiger partial charge >= 0.3 is 0 Å². The highest BCUT2D eigenvalue weighted by Gasteiger charge is 2.12. The summed E-state index contributed by atoms with van der Waals surface area (Å²) < 4.78 is 7.29. The molecule has 2 aromatic rings. The van der Waals surface area contributed by atoms with Crippen molar-refractivity contribution in [1.82, 2.24) is 9.88 Å². The molecular formula is C13H13BrN2O3.